The summed E-state index contributed by atoms with van der Waals surface area (Å²) >= 11 is 26.0. The number of aliphatic hydroxyl groups excluding tert-OH is 1. The van der Waals surface area contributed by atoms with E-state index in [2.05, 4.69) is 100 Å². The van der Waals surface area contributed by atoms with Gasteiger partial charge in [-0.3, -0.25) is 0 Å². The van der Waals surface area contributed by atoms with Crippen LogP contribution in [0.2, 0.25) is 0 Å². The Hall–Kier alpha value is -1.02. The average molecular weight is 1890 g/mol. The van der Waals surface area contributed by atoms with Gasteiger partial charge in [-0.2, -0.15) is 0 Å². The van der Waals surface area contributed by atoms with Gasteiger partial charge in [0.15, 0.2) is 0 Å². The van der Waals surface area contributed by atoms with E-state index >= 15 is 0 Å². The van der Waals surface area contributed by atoms with Crippen LogP contribution in [0, 0.1) is 7.43 Å². The Kier molecular flexibility index (Phi) is 67.9. The van der Waals surface area contributed by atoms with Crippen LogP contribution in [0.4, 0.5) is 0 Å². The number of thiophene rings is 3. The fraction of sp³-hybridized carbons (Fsp3) is 0.569. The average Bonchev–Trinajstić information content (AvgIpc) is 1.61. The van der Waals surface area contributed by atoms with Gasteiger partial charge in [-0.05, 0) is 166 Å². The van der Waals surface area contributed by atoms with Gasteiger partial charge in [-0.25, -0.2) is 0 Å². The van der Waals surface area contributed by atoms with E-state index in [1.807, 2.05) is 106 Å². The first-order valence-electron chi connectivity index (χ1n) is 32.7. The summed E-state index contributed by atoms with van der Waals surface area (Å²) in [6.07, 6.45) is 2.47. The molecule has 102 heavy (non-hydrogen) atoms. The molecule has 580 valence electrons. The Balaban J connectivity index is -0.000000654. The van der Waals surface area contributed by atoms with E-state index in [0.29, 0.717) is 109 Å². The van der Waals surface area contributed by atoms with Crippen LogP contribution in [-0.2, 0) is 84.5 Å². The topological polar surface area (TPSA) is 208 Å². The largest absolute Gasteiger partial charge is 1.00 e. The third-order valence-corrected chi connectivity index (χ3v) is 20.7. The summed E-state index contributed by atoms with van der Waals surface area (Å²) in [6.45, 7) is 28.4. The predicted octanol–water partition coefficient (Wildman–Crippen LogP) is 15.9. The molecule has 30 heteroatoms. The van der Waals surface area contributed by atoms with Crippen LogP contribution < -0.4 is 63.4 Å². The monoisotopic (exact) mass is 1890 g/mol. The number of hydrogen-bond acceptors (Lipinski definition) is 22. The standard InChI is InChI=1S/C32H44O8S.C12H18Br2O4S.C10H15BO4.C6H4Br4S.C4H8O.C3H8O2.2C2H6.CH3.Na.H/c1-21(2)39-27-13-9-11-25(35-7)29(27)31-23(19-37-17-15-33-5)24(20-38-18-16-34-6)32(41-31)30-26(36-8)12-10-14-28(30)40-22(3)4;1-15-3-5-17-7-9-10(8-18-6-4-16-2)12(14)19-11(9)13;1-7(2)15-9-6-4-5-8(14-3)10(9)11(12)13;7-1-3-4(2-8)6(10)11-5(3)9;1-2-4-5-3-1;1-5-3-2-4;2*1-2;;;/h9-14,21-22H,15-20H2,1-8H3;3-8H2,1-2H3;4-7,12-13H,1-3H3;1-2H2;1-4H2;4H,2-3H2,1H3;2*1-2H3;1H3;;/q;;;;;;;;-1;+1;-1. The fourth-order valence-corrected chi connectivity index (χ4v) is 18.4. The molecule has 0 atom stereocenters. The summed E-state index contributed by atoms with van der Waals surface area (Å²) in [6, 6.07) is 16.8. The molecule has 0 radical (unpaired) electrons. The molecule has 6 aromatic rings. The molecular formula is C72H113BBr6NaO19S3-. The van der Waals surface area contributed by atoms with Crippen LogP contribution >= 0.6 is 130 Å². The Morgan fingerprint density at radius 3 is 0.990 bits per heavy atom. The Bertz CT molecular complexity index is 2880. The maximum absolute atomic E-state index is 9.22. The van der Waals surface area contributed by atoms with E-state index in [-0.39, 0.29) is 68.8 Å². The number of rotatable bonds is 36. The molecule has 1 saturated heterocycles. The first-order valence-corrected chi connectivity index (χ1v) is 40.6. The molecule has 1 aliphatic rings. The molecule has 3 aromatic heterocycles. The van der Waals surface area contributed by atoms with Gasteiger partial charge in [0.2, 0.25) is 0 Å². The molecule has 1 fully saturated rings. The van der Waals surface area contributed by atoms with E-state index in [1.54, 1.807) is 102 Å². The van der Waals surface area contributed by atoms with Crippen LogP contribution in [0.15, 0.2) is 69.7 Å². The second-order valence-corrected chi connectivity index (χ2v) is 30.3. The molecule has 4 heterocycles. The molecule has 0 spiro atoms. The van der Waals surface area contributed by atoms with E-state index in [1.165, 1.54) is 38.7 Å². The molecule has 0 unspecified atom stereocenters. The number of hydrogen-bond donors (Lipinski definition) is 3. The van der Waals surface area contributed by atoms with Crippen molar-refractivity contribution in [2.75, 3.05) is 136 Å². The molecule has 0 saturated carbocycles. The Morgan fingerprint density at radius 2 is 0.725 bits per heavy atom. The number of alkyl halides is 2. The van der Waals surface area contributed by atoms with E-state index in [4.69, 9.17) is 76.2 Å². The third kappa shape index (κ3) is 40.1. The SMILES string of the molecule is BrCc1c(Br)sc(Br)c1CBr.C1CCOC1.CC.CC.COCCO.COCCOCc1c(-c2c(OC)cccc2OC(C)C)sc(-c2c(OC)cccc2OC(C)C)c1COCCOC.COCCOCc1c(Br)sc(Br)c1COCCOC.COc1cccc(OC(C)C)c1B(O)O.[CH3-].[H-].[Na+]. The van der Waals surface area contributed by atoms with Crippen molar-refractivity contribution in [3.8, 4) is 55.4 Å². The van der Waals surface area contributed by atoms with Crippen molar-refractivity contribution in [2.45, 2.75) is 137 Å². The molecule has 1 aliphatic heterocycles. The minimum Gasteiger partial charge on any atom is -1.00 e. The van der Waals surface area contributed by atoms with E-state index < -0.39 is 7.12 Å². The summed E-state index contributed by atoms with van der Waals surface area (Å²) in [5.41, 5.74) is 8.88. The van der Waals surface area contributed by atoms with Gasteiger partial charge in [0, 0.05) is 91.4 Å². The van der Waals surface area contributed by atoms with Gasteiger partial charge in [0.05, 0.1) is 164 Å². The van der Waals surface area contributed by atoms with E-state index in [0.717, 1.165) is 86.1 Å². The van der Waals surface area contributed by atoms with Gasteiger partial charge in [-0.15, -0.1) is 34.0 Å². The van der Waals surface area contributed by atoms with Crippen molar-refractivity contribution in [1.82, 2.24) is 0 Å². The van der Waals surface area contributed by atoms with E-state index in [9.17, 15) is 10.0 Å². The summed E-state index contributed by atoms with van der Waals surface area (Å²) in [7, 11) is 11.4. The molecule has 3 N–H and O–H groups in total. The van der Waals surface area contributed by atoms with Crippen molar-refractivity contribution in [2.24, 2.45) is 0 Å². The van der Waals surface area contributed by atoms with Crippen LogP contribution in [-0.4, -0.2) is 177 Å². The first kappa shape index (κ1) is 105. The molecule has 0 aliphatic carbocycles. The van der Waals surface area contributed by atoms with Crippen molar-refractivity contribution in [3.05, 3.63) is 111 Å². The predicted molar refractivity (Wildman–Crippen MR) is 438 cm³/mol. The fourth-order valence-electron chi connectivity index (χ4n) is 8.34. The van der Waals surface area contributed by atoms with Crippen molar-refractivity contribution >= 4 is 142 Å². The molecule has 3 aromatic carbocycles. The number of aliphatic hydroxyl groups is 1. The van der Waals surface area contributed by atoms with Crippen molar-refractivity contribution in [3.63, 3.8) is 0 Å². The summed E-state index contributed by atoms with van der Waals surface area (Å²) in [4.78, 5) is 1.94. The van der Waals surface area contributed by atoms with Crippen LogP contribution in [0.25, 0.3) is 20.9 Å². The second-order valence-electron chi connectivity index (χ2n) is 20.8. The second kappa shape index (κ2) is 65.8. The van der Waals surface area contributed by atoms with Crippen LogP contribution in [0.3, 0.4) is 0 Å². The Labute approximate surface area is 696 Å². The molecule has 19 nitrogen and oxygen atoms in total. The first-order chi connectivity index (χ1) is 48.2. The van der Waals surface area contributed by atoms with Crippen LogP contribution in [0.5, 0.6) is 34.5 Å². The number of methoxy groups -OCH3 is 8. The molecule has 0 amide bonds. The maximum Gasteiger partial charge on any atom is 1.00 e. The minimum atomic E-state index is -1.60. The smallest absolute Gasteiger partial charge is 1.00 e. The summed E-state index contributed by atoms with van der Waals surface area (Å²) in [5, 5.41) is 28.2. The van der Waals surface area contributed by atoms with Gasteiger partial charge in [0.1, 0.15) is 34.5 Å². The van der Waals surface area contributed by atoms with Crippen LogP contribution in [0.1, 0.15) is 117 Å². The van der Waals surface area contributed by atoms with Crippen molar-refractivity contribution in [1.29, 1.82) is 0 Å². The number of ether oxygens (including phenoxy) is 16. The quantitative estimate of drug-likeness (QED) is 0.0145. The molecule has 0 bridgehead atoms. The summed E-state index contributed by atoms with van der Waals surface area (Å²) in [5.74, 6) is 3.72. The Morgan fingerprint density at radius 1 is 0.431 bits per heavy atom. The molecule has 7 rings (SSSR count). The van der Waals surface area contributed by atoms with Gasteiger partial charge < -0.3 is 99.8 Å². The summed E-state index contributed by atoms with van der Waals surface area (Å²) < 4.78 is 92.6. The zero-order valence-electron chi connectivity index (χ0n) is 64.5. The third-order valence-electron chi connectivity index (χ3n) is 12.7. The van der Waals surface area contributed by atoms with Crippen molar-refractivity contribution < 1.29 is 122 Å². The zero-order chi connectivity index (χ0) is 75.4. The normalized spacial score (nSPS) is 11.0. The number of halogens is 6. The van der Waals surface area contributed by atoms with Gasteiger partial charge in [0.25, 0.3) is 0 Å². The minimum absolute atomic E-state index is 0. The molecular weight excluding hydrogens is 1780 g/mol. The van der Waals surface area contributed by atoms with Gasteiger partial charge >= 0.3 is 36.7 Å². The van der Waals surface area contributed by atoms with Gasteiger partial charge in [-0.1, -0.05) is 77.8 Å². The zero-order valence-corrected chi connectivity index (χ0v) is 77.5. The number of benzene rings is 3. The maximum atomic E-state index is 9.22.